The summed E-state index contributed by atoms with van der Waals surface area (Å²) in [4.78, 5) is 3.74. The molecule has 0 aromatic carbocycles. The quantitative estimate of drug-likeness (QED) is 0.856. The van der Waals surface area contributed by atoms with Gasteiger partial charge in [0.1, 0.15) is 0 Å². The molecule has 1 saturated carbocycles. The molecule has 1 aromatic heterocycles. The van der Waals surface area contributed by atoms with E-state index in [1.54, 1.807) is 6.07 Å². The molecule has 3 rings (SSSR count). The van der Waals surface area contributed by atoms with Gasteiger partial charge in [-0.1, -0.05) is 0 Å². The molecule has 1 aliphatic heterocycles. The smallest absolute Gasteiger partial charge is 0.241 e. The topological polar surface area (TPSA) is 49.4 Å². The molecule has 4 nitrogen and oxygen atoms in total. The first-order chi connectivity index (χ1) is 9.45. The number of sulfonamides is 1. The second-order valence-electron chi connectivity index (χ2n) is 5.70. The van der Waals surface area contributed by atoms with Crippen LogP contribution in [0.3, 0.4) is 0 Å². The van der Waals surface area contributed by atoms with Crippen molar-refractivity contribution < 1.29 is 8.42 Å². The normalized spacial score (nSPS) is 24.4. The van der Waals surface area contributed by atoms with Gasteiger partial charge in [-0.15, -0.1) is 11.3 Å². The van der Waals surface area contributed by atoms with Gasteiger partial charge in [0.25, 0.3) is 0 Å². The summed E-state index contributed by atoms with van der Waals surface area (Å²) >= 11 is 4.80. The maximum Gasteiger partial charge on any atom is 0.241 e. The van der Waals surface area contributed by atoms with Crippen LogP contribution in [0.4, 0.5) is 0 Å². The molecule has 0 radical (unpaired) electrons. The second kappa shape index (κ2) is 5.68. The van der Waals surface area contributed by atoms with Crippen LogP contribution < -0.4 is 4.72 Å². The van der Waals surface area contributed by atoms with Gasteiger partial charge < -0.3 is 4.90 Å². The molecule has 1 N–H and O–H groups in total. The molecule has 1 unspecified atom stereocenters. The molecular weight excluding hydrogens is 360 g/mol. The van der Waals surface area contributed by atoms with E-state index in [1.807, 2.05) is 6.92 Å². The Balaban J connectivity index is 1.58. The molecule has 0 bridgehead atoms. The lowest BCUT2D eigenvalue weighted by Gasteiger charge is -2.15. The standard InChI is InChI=1S/C13H19BrN2O2S2/c1-9-12(6-13(14)19-9)20(17,18)15-7-10-4-5-16(8-10)11-2-3-11/h6,10-11,15H,2-5,7-8H2,1H3. The molecule has 0 amide bonds. The average Bonchev–Trinajstić information content (AvgIpc) is 3.02. The van der Waals surface area contributed by atoms with Crippen LogP contribution >= 0.6 is 27.3 Å². The van der Waals surface area contributed by atoms with Gasteiger partial charge in [0.2, 0.25) is 10.0 Å². The minimum absolute atomic E-state index is 0.409. The van der Waals surface area contributed by atoms with E-state index >= 15 is 0 Å². The van der Waals surface area contributed by atoms with Crippen LogP contribution in [0, 0.1) is 12.8 Å². The van der Waals surface area contributed by atoms with Crippen LogP contribution in [0.5, 0.6) is 0 Å². The average molecular weight is 379 g/mol. The molecule has 1 aliphatic carbocycles. The lowest BCUT2D eigenvalue weighted by atomic mass is 10.1. The molecular formula is C13H19BrN2O2S2. The summed E-state index contributed by atoms with van der Waals surface area (Å²) in [5, 5.41) is 0. The Hall–Kier alpha value is 0.0500. The molecule has 2 fully saturated rings. The van der Waals surface area contributed by atoms with Crippen molar-refractivity contribution in [2.75, 3.05) is 19.6 Å². The van der Waals surface area contributed by atoms with Crippen LogP contribution in [0.1, 0.15) is 24.1 Å². The van der Waals surface area contributed by atoms with Gasteiger partial charge in [-0.25, -0.2) is 13.1 Å². The van der Waals surface area contributed by atoms with Crippen LogP contribution in [0.2, 0.25) is 0 Å². The van der Waals surface area contributed by atoms with Gasteiger partial charge in [-0.3, -0.25) is 0 Å². The van der Waals surface area contributed by atoms with Crippen molar-refractivity contribution in [2.24, 2.45) is 5.92 Å². The summed E-state index contributed by atoms with van der Waals surface area (Å²) in [6, 6.07) is 2.47. The van der Waals surface area contributed by atoms with Crippen molar-refractivity contribution in [1.82, 2.24) is 9.62 Å². The number of hydrogen-bond acceptors (Lipinski definition) is 4. The number of likely N-dealkylation sites (tertiary alicyclic amines) is 1. The molecule has 2 aliphatic rings. The van der Waals surface area contributed by atoms with Gasteiger partial charge >= 0.3 is 0 Å². The Bertz CT molecular complexity index is 596. The summed E-state index contributed by atoms with van der Waals surface area (Å²) in [5.41, 5.74) is 0. The van der Waals surface area contributed by atoms with E-state index in [-0.39, 0.29) is 0 Å². The van der Waals surface area contributed by atoms with Crippen molar-refractivity contribution >= 4 is 37.3 Å². The van der Waals surface area contributed by atoms with E-state index in [0.29, 0.717) is 17.4 Å². The third-order valence-electron chi connectivity index (χ3n) is 4.07. The minimum atomic E-state index is -3.37. The van der Waals surface area contributed by atoms with Crippen molar-refractivity contribution in [2.45, 2.75) is 37.1 Å². The van der Waals surface area contributed by atoms with E-state index in [2.05, 4.69) is 25.6 Å². The van der Waals surface area contributed by atoms with Gasteiger partial charge in [-0.2, -0.15) is 0 Å². The number of aryl methyl sites for hydroxylation is 1. The summed E-state index contributed by atoms with van der Waals surface area (Å²) in [6.07, 6.45) is 3.74. The number of hydrogen-bond donors (Lipinski definition) is 1. The van der Waals surface area contributed by atoms with E-state index in [1.165, 1.54) is 24.2 Å². The Labute approximate surface area is 132 Å². The zero-order valence-electron chi connectivity index (χ0n) is 11.4. The molecule has 1 atom stereocenters. The first kappa shape index (κ1) is 15.0. The first-order valence-corrected chi connectivity index (χ1v) is 10.0. The maximum atomic E-state index is 12.3. The Kier molecular flexibility index (Phi) is 4.25. The summed E-state index contributed by atoms with van der Waals surface area (Å²) in [6.45, 7) is 4.56. The number of nitrogens with one attached hydrogen (secondary N) is 1. The summed E-state index contributed by atoms with van der Waals surface area (Å²) < 4.78 is 28.3. The van der Waals surface area contributed by atoms with E-state index in [0.717, 1.165) is 34.2 Å². The molecule has 7 heteroatoms. The molecule has 2 heterocycles. The number of thiophene rings is 1. The van der Waals surface area contributed by atoms with Crippen LogP contribution in [-0.2, 0) is 10.0 Å². The highest BCUT2D eigenvalue weighted by atomic mass is 79.9. The fourth-order valence-corrected chi connectivity index (χ4v) is 6.33. The Morgan fingerprint density at radius 3 is 2.80 bits per heavy atom. The van der Waals surface area contributed by atoms with E-state index < -0.39 is 10.0 Å². The highest BCUT2D eigenvalue weighted by Crippen LogP contribution is 2.32. The van der Waals surface area contributed by atoms with Gasteiger partial charge in [-0.05, 0) is 60.6 Å². The number of nitrogens with zero attached hydrogens (tertiary/aromatic N) is 1. The lowest BCUT2D eigenvalue weighted by Crippen LogP contribution is -2.31. The summed E-state index contributed by atoms with van der Waals surface area (Å²) in [7, 11) is -3.37. The molecule has 0 spiro atoms. The predicted molar refractivity (Wildman–Crippen MR) is 84.6 cm³/mol. The van der Waals surface area contributed by atoms with Crippen molar-refractivity contribution in [3.8, 4) is 0 Å². The van der Waals surface area contributed by atoms with Gasteiger partial charge in [0.05, 0.1) is 8.68 Å². The zero-order valence-corrected chi connectivity index (χ0v) is 14.7. The van der Waals surface area contributed by atoms with Crippen molar-refractivity contribution in [3.63, 3.8) is 0 Å². The Morgan fingerprint density at radius 2 is 2.20 bits per heavy atom. The maximum absolute atomic E-state index is 12.3. The SMILES string of the molecule is Cc1sc(Br)cc1S(=O)(=O)NCC1CCN(C2CC2)C1. The van der Waals surface area contributed by atoms with Crippen molar-refractivity contribution in [1.29, 1.82) is 0 Å². The van der Waals surface area contributed by atoms with E-state index in [9.17, 15) is 8.42 Å². The van der Waals surface area contributed by atoms with E-state index in [4.69, 9.17) is 0 Å². The Morgan fingerprint density at radius 1 is 1.45 bits per heavy atom. The molecule has 1 aromatic rings. The van der Waals surface area contributed by atoms with Gasteiger partial charge in [0, 0.05) is 24.0 Å². The second-order valence-corrected chi connectivity index (χ2v) is 10.1. The third kappa shape index (κ3) is 3.27. The fourth-order valence-electron chi connectivity index (χ4n) is 2.80. The minimum Gasteiger partial charge on any atom is -0.300 e. The lowest BCUT2D eigenvalue weighted by molar-refractivity contribution is 0.314. The van der Waals surface area contributed by atoms with Crippen molar-refractivity contribution in [3.05, 3.63) is 14.7 Å². The fraction of sp³-hybridized carbons (Fsp3) is 0.692. The van der Waals surface area contributed by atoms with Crippen LogP contribution in [0.25, 0.3) is 0 Å². The molecule has 20 heavy (non-hydrogen) atoms. The number of rotatable bonds is 5. The largest absolute Gasteiger partial charge is 0.300 e. The van der Waals surface area contributed by atoms with Crippen LogP contribution in [-0.4, -0.2) is 39.0 Å². The highest BCUT2D eigenvalue weighted by Gasteiger charge is 2.34. The first-order valence-electron chi connectivity index (χ1n) is 6.95. The monoisotopic (exact) mass is 378 g/mol. The van der Waals surface area contributed by atoms with Gasteiger partial charge in [0.15, 0.2) is 0 Å². The summed E-state index contributed by atoms with van der Waals surface area (Å²) in [5.74, 6) is 0.452. The third-order valence-corrected chi connectivity index (χ3v) is 7.31. The molecule has 1 saturated heterocycles. The number of halogens is 1. The molecule has 112 valence electrons. The predicted octanol–water partition coefficient (Wildman–Crippen LogP) is 2.58. The highest BCUT2D eigenvalue weighted by molar-refractivity contribution is 9.11. The zero-order chi connectivity index (χ0) is 14.3. The van der Waals surface area contributed by atoms with Crippen LogP contribution in [0.15, 0.2) is 14.7 Å².